The van der Waals surface area contributed by atoms with Gasteiger partial charge in [-0.15, -0.1) is 11.8 Å². The van der Waals surface area contributed by atoms with Gasteiger partial charge in [0, 0.05) is 25.2 Å². The Bertz CT molecular complexity index is 123. The Hall–Kier alpha value is -0.0200. The average Bonchev–Trinajstić information content (AvgIpc) is 1.88. The molecule has 0 aliphatic carbocycles. The van der Waals surface area contributed by atoms with Gasteiger partial charge < -0.3 is 4.74 Å². The van der Waals surface area contributed by atoms with Gasteiger partial charge in [0.1, 0.15) is 11.2 Å². The Morgan fingerprint density at radius 3 is 3.20 bits per heavy atom. The van der Waals surface area contributed by atoms with Gasteiger partial charge in [-0.1, -0.05) is 0 Å². The average molecular weight is 160 g/mol. The van der Waals surface area contributed by atoms with E-state index in [-0.39, 0.29) is 5.44 Å². The molecule has 1 fully saturated rings. The van der Waals surface area contributed by atoms with Crippen molar-refractivity contribution in [2.45, 2.75) is 25.2 Å². The smallest absolute Gasteiger partial charge is 0.137 e. The lowest BCUT2D eigenvalue weighted by molar-refractivity contribution is -0.120. The number of thioether (sulfide) groups is 1. The minimum atomic E-state index is 0.145. The second-order valence-corrected chi connectivity index (χ2v) is 3.52. The van der Waals surface area contributed by atoms with Crippen LogP contribution in [0.15, 0.2) is 0 Å². The molecule has 3 heteroatoms. The van der Waals surface area contributed by atoms with E-state index in [1.54, 1.807) is 11.8 Å². The normalized spacial score (nSPS) is 26.9. The fourth-order valence-corrected chi connectivity index (χ4v) is 2.09. The summed E-state index contributed by atoms with van der Waals surface area (Å²) in [7, 11) is 0. The molecule has 0 aromatic carbocycles. The lowest BCUT2D eigenvalue weighted by Crippen LogP contribution is -2.20. The predicted octanol–water partition coefficient (Wildman–Crippen LogP) is 1.45. The van der Waals surface area contributed by atoms with Crippen LogP contribution < -0.4 is 0 Å². The van der Waals surface area contributed by atoms with E-state index < -0.39 is 0 Å². The van der Waals surface area contributed by atoms with E-state index in [2.05, 4.69) is 0 Å². The van der Waals surface area contributed by atoms with Crippen LogP contribution in [0.1, 0.15) is 19.8 Å². The van der Waals surface area contributed by atoms with Crippen molar-refractivity contribution in [2.24, 2.45) is 0 Å². The second-order valence-electron chi connectivity index (χ2n) is 2.25. The molecule has 1 rings (SSSR count). The Morgan fingerprint density at radius 2 is 2.60 bits per heavy atom. The molecule has 1 atom stereocenters. The number of ether oxygens (including phenoxy) is 1. The SMILES string of the molecule is CCOC1CC(=O)CCS1. The van der Waals surface area contributed by atoms with Crippen LogP contribution in [0.5, 0.6) is 0 Å². The van der Waals surface area contributed by atoms with Crippen molar-refractivity contribution in [3.05, 3.63) is 0 Å². The molecule has 1 aliphatic rings. The fraction of sp³-hybridized carbons (Fsp3) is 0.857. The number of carbonyl (C=O) groups excluding carboxylic acids is 1. The molecule has 0 N–H and O–H groups in total. The van der Waals surface area contributed by atoms with Crippen molar-refractivity contribution >= 4 is 17.5 Å². The van der Waals surface area contributed by atoms with Gasteiger partial charge in [-0.05, 0) is 6.92 Å². The number of Topliss-reactive ketones (excluding diaryl/α,β-unsaturated/α-hetero) is 1. The Balaban J connectivity index is 2.25. The van der Waals surface area contributed by atoms with Crippen LogP contribution in [-0.2, 0) is 9.53 Å². The predicted molar refractivity (Wildman–Crippen MR) is 42.1 cm³/mol. The summed E-state index contributed by atoms with van der Waals surface area (Å²) in [5.41, 5.74) is 0.145. The highest BCUT2D eigenvalue weighted by Crippen LogP contribution is 2.23. The molecule has 0 bridgehead atoms. The van der Waals surface area contributed by atoms with E-state index >= 15 is 0 Å². The highest BCUT2D eigenvalue weighted by Gasteiger charge is 2.19. The molecule has 58 valence electrons. The number of hydrogen-bond acceptors (Lipinski definition) is 3. The molecule has 1 aliphatic heterocycles. The van der Waals surface area contributed by atoms with Crippen molar-refractivity contribution in [3.8, 4) is 0 Å². The van der Waals surface area contributed by atoms with E-state index in [0.717, 1.165) is 12.2 Å². The highest BCUT2D eigenvalue weighted by molar-refractivity contribution is 7.99. The van der Waals surface area contributed by atoms with Crippen LogP contribution >= 0.6 is 11.8 Å². The first-order chi connectivity index (χ1) is 4.83. The van der Waals surface area contributed by atoms with Crippen LogP contribution in [0.4, 0.5) is 0 Å². The monoisotopic (exact) mass is 160 g/mol. The lowest BCUT2D eigenvalue weighted by atomic mass is 10.2. The van der Waals surface area contributed by atoms with Crippen molar-refractivity contribution < 1.29 is 9.53 Å². The molecule has 10 heavy (non-hydrogen) atoms. The summed E-state index contributed by atoms with van der Waals surface area (Å²) in [6.07, 6.45) is 1.34. The minimum absolute atomic E-state index is 0.145. The van der Waals surface area contributed by atoms with Gasteiger partial charge in [0.2, 0.25) is 0 Å². The first kappa shape index (κ1) is 8.08. The maximum absolute atomic E-state index is 10.9. The number of rotatable bonds is 2. The van der Waals surface area contributed by atoms with Crippen LogP contribution in [-0.4, -0.2) is 23.6 Å². The zero-order valence-corrected chi connectivity index (χ0v) is 6.95. The topological polar surface area (TPSA) is 26.3 Å². The summed E-state index contributed by atoms with van der Waals surface area (Å²) < 4.78 is 5.30. The molecule has 0 amide bonds. The van der Waals surface area contributed by atoms with Crippen molar-refractivity contribution in [3.63, 3.8) is 0 Å². The summed E-state index contributed by atoms with van der Waals surface area (Å²) in [6.45, 7) is 2.67. The summed E-state index contributed by atoms with van der Waals surface area (Å²) >= 11 is 1.75. The molecule has 0 radical (unpaired) electrons. The second kappa shape index (κ2) is 3.98. The minimum Gasteiger partial charge on any atom is -0.367 e. The van der Waals surface area contributed by atoms with E-state index in [4.69, 9.17) is 4.74 Å². The molecule has 0 aromatic rings. The van der Waals surface area contributed by atoms with E-state index in [9.17, 15) is 4.79 Å². The molecular formula is C7H12O2S. The van der Waals surface area contributed by atoms with Crippen LogP contribution in [0.25, 0.3) is 0 Å². The van der Waals surface area contributed by atoms with Gasteiger partial charge in [-0.25, -0.2) is 0 Å². The third-order valence-electron chi connectivity index (χ3n) is 1.43. The number of hydrogen-bond donors (Lipinski definition) is 0. The molecular weight excluding hydrogens is 148 g/mol. The van der Waals surface area contributed by atoms with Crippen LogP contribution in [0.3, 0.4) is 0 Å². The zero-order chi connectivity index (χ0) is 7.40. The molecule has 0 saturated carbocycles. The quantitative estimate of drug-likeness (QED) is 0.611. The first-order valence-corrected chi connectivity index (χ1v) is 4.62. The molecule has 2 nitrogen and oxygen atoms in total. The van der Waals surface area contributed by atoms with Crippen molar-refractivity contribution in [1.29, 1.82) is 0 Å². The zero-order valence-electron chi connectivity index (χ0n) is 6.13. The molecule has 1 heterocycles. The summed E-state index contributed by atoms with van der Waals surface area (Å²) in [5, 5.41) is 0. The van der Waals surface area contributed by atoms with E-state index in [0.29, 0.717) is 18.8 Å². The third-order valence-corrected chi connectivity index (χ3v) is 2.55. The van der Waals surface area contributed by atoms with Gasteiger partial charge in [0.05, 0.1) is 0 Å². The summed E-state index contributed by atoms with van der Waals surface area (Å²) in [6, 6.07) is 0. The molecule has 1 saturated heterocycles. The molecule has 1 unspecified atom stereocenters. The standard InChI is InChI=1S/C7H12O2S/c1-2-9-7-5-6(8)3-4-10-7/h7H,2-5H2,1H3. The van der Waals surface area contributed by atoms with Gasteiger partial charge in [0.25, 0.3) is 0 Å². The van der Waals surface area contributed by atoms with Gasteiger partial charge in [0.15, 0.2) is 0 Å². The van der Waals surface area contributed by atoms with Crippen molar-refractivity contribution in [2.75, 3.05) is 12.4 Å². The number of carbonyl (C=O) groups is 1. The van der Waals surface area contributed by atoms with Crippen LogP contribution in [0, 0.1) is 0 Å². The largest absolute Gasteiger partial charge is 0.367 e. The van der Waals surface area contributed by atoms with E-state index in [1.165, 1.54) is 0 Å². The maximum atomic E-state index is 10.9. The van der Waals surface area contributed by atoms with Gasteiger partial charge in [-0.3, -0.25) is 4.79 Å². The van der Waals surface area contributed by atoms with E-state index in [1.807, 2.05) is 6.92 Å². The number of ketones is 1. The Morgan fingerprint density at radius 1 is 1.80 bits per heavy atom. The lowest BCUT2D eigenvalue weighted by Gasteiger charge is -2.19. The summed E-state index contributed by atoms with van der Waals surface area (Å²) in [5.74, 6) is 1.28. The van der Waals surface area contributed by atoms with Gasteiger partial charge in [-0.2, -0.15) is 0 Å². The van der Waals surface area contributed by atoms with Crippen molar-refractivity contribution in [1.82, 2.24) is 0 Å². The Labute approximate surface area is 65.3 Å². The molecule has 0 spiro atoms. The third kappa shape index (κ3) is 2.31. The Kier molecular flexibility index (Phi) is 3.22. The van der Waals surface area contributed by atoms with Crippen LogP contribution in [0.2, 0.25) is 0 Å². The highest BCUT2D eigenvalue weighted by atomic mass is 32.2. The van der Waals surface area contributed by atoms with Gasteiger partial charge >= 0.3 is 0 Å². The summed E-state index contributed by atoms with van der Waals surface area (Å²) in [4.78, 5) is 10.9. The molecule has 0 aromatic heterocycles. The first-order valence-electron chi connectivity index (χ1n) is 3.58. The fourth-order valence-electron chi connectivity index (χ4n) is 0.944. The maximum Gasteiger partial charge on any atom is 0.137 e.